The van der Waals surface area contributed by atoms with Crippen LogP contribution in [0, 0.1) is 0 Å². The Morgan fingerprint density at radius 1 is 1.20 bits per heavy atom. The quantitative estimate of drug-likeness (QED) is 0.910. The van der Waals surface area contributed by atoms with Gasteiger partial charge in [-0.05, 0) is 32.0 Å². The second-order valence-corrected chi connectivity index (χ2v) is 5.28. The number of likely N-dealkylation sites (N-methyl/N-ethyl adjacent to an activating group) is 1. The molecule has 0 radical (unpaired) electrons. The summed E-state index contributed by atoms with van der Waals surface area (Å²) in [5, 5.41) is 0. The van der Waals surface area contributed by atoms with Crippen molar-refractivity contribution in [2.45, 2.75) is 18.9 Å². The number of carbonyl (C=O) groups excluding carboxylic acids is 1. The van der Waals surface area contributed by atoms with E-state index in [0.29, 0.717) is 6.42 Å². The van der Waals surface area contributed by atoms with Gasteiger partial charge in [-0.1, -0.05) is 30.3 Å². The van der Waals surface area contributed by atoms with E-state index in [1.54, 1.807) is 0 Å². The summed E-state index contributed by atoms with van der Waals surface area (Å²) >= 11 is 0. The minimum absolute atomic E-state index is 0. The van der Waals surface area contributed by atoms with Crippen LogP contribution in [0.4, 0.5) is 0 Å². The zero-order chi connectivity index (χ0) is 13.7. The van der Waals surface area contributed by atoms with Crippen LogP contribution in [0.5, 0.6) is 0 Å². The van der Waals surface area contributed by atoms with Crippen molar-refractivity contribution in [1.82, 2.24) is 9.80 Å². The van der Waals surface area contributed by atoms with Crippen LogP contribution in [0.25, 0.3) is 0 Å². The van der Waals surface area contributed by atoms with Crippen LogP contribution in [0.15, 0.2) is 30.3 Å². The molecular weight excluding hydrogens is 274 g/mol. The first-order valence-corrected chi connectivity index (χ1v) is 6.93. The second kappa shape index (κ2) is 8.25. The van der Waals surface area contributed by atoms with E-state index in [1.807, 2.05) is 35.2 Å². The molecule has 4 nitrogen and oxygen atoms in total. The zero-order valence-corrected chi connectivity index (χ0v) is 12.8. The van der Waals surface area contributed by atoms with Gasteiger partial charge in [-0.15, -0.1) is 12.4 Å². The van der Waals surface area contributed by atoms with Crippen molar-refractivity contribution in [2.75, 3.05) is 33.2 Å². The molecule has 2 rings (SSSR count). The normalized spacial score (nSPS) is 18.0. The van der Waals surface area contributed by atoms with Crippen molar-refractivity contribution in [2.24, 2.45) is 5.73 Å². The number of hydrogen-bond donors (Lipinski definition) is 1. The predicted molar refractivity (Wildman–Crippen MR) is 84.1 cm³/mol. The fourth-order valence-corrected chi connectivity index (χ4v) is 2.46. The SMILES string of the molecule is CN1CCCN(C(=O)[C@@H](N)Cc2ccccc2)CC1.Cl. The molecule has 2 N–H and O–H groups in total. The highest BCUT2D eigenvalue weighted by Crippen LogP contribution is 2.07. The second-order valence-electron chi connectivity index (χ2n) is 5.28. The fraction of sp³-hybridized carbons (Fsp3) is 0.533. The van der Waals surface area contributed by atoms with Crippen LogP contribution in [0.2, 0.25) is 0 Å². The third-order valence-electron chi connectivity index (χ3n) is 3.65. The largest absolute Gasteiger partial charge is 0.340 e. The van der Waals surface area contributed by atoms with Gasteiger partial charge < -0.3 is 15.5 Å². The van der Waals surface area contributed by atoms with Crippen LogP contribution in [0.1, 0.15) is 12.0 Å². The Kier molecular flexibility index (Phi) is 6.99. The Hall–Kier alpha value is -1.10. The molecule has 0 aliphatic carbocycles. The standard InChI is InChI=1S/C15H23N3O.ClH/c1-17-8-5-9-18(11-10-17)15(19)14(16)12-13-6-3-2-4-7-13;/h2-4,6-7,14H,5,8-12,16H2,1H3;1H/t14-;/m0./s1. The lowest BCUT2D eigenvalue weighted by molar-refractivity contribution is -0.132. The molecule has 112 valence electrons. The Bertz CT molecular complexity index is 413. The minimum atomic E-state index is -0.425. The van der Waals surface area contributed by atoms with Crippen LogP contribution >= 0.6 is 12.4 Å². The summed E-state index contributed by atoms with van der Waals surface area (Å²) in [5.41, 5.74) is 7.18. The van der Waals surface area contributed by atoms with Crippen LogP contribution in [0.3, 0.4) is 0 Å². The first-order chi connectivity index (χ1) is 9.16. The fourth-order valence-electron chi connectivity index (χ4n) is 2.46. The molecule has 1 aromatic rings. The van der Waals surface area contributed by atoms with Crippen LogP contribution < -0.4 is 5.73 Å². The van der Waals surface area contributed by atoms with Crippen molar-refractivity contribution >= 4 is 18.3 Å². The number of carbonyl (C=O) groups is 1. The molecule has 0 spiro atoms. The number of benzene rings is 1. The Labute approximate surface area is 127 Å². The molecule has 5 heteroatoms. The molecule has 1 saturated heterocycles. The molecule has 1 heterocycles. The van der Waals surface area contributed by atoms with E-state index in [-0.39, 0.29) is 18.3 Å². The van der Waals surface area contributed by atoms with E-state index in [9.17, 15) is 4.79 Å². The molecule has 1 aromatic carbocycles. The van der Waals surface area contributed by atoms with Gasteiger partial charge in [0, 0.05) is 19.6 Å². The molecule has 1 amide bonds. The highest BCUT2D eigenvalue weighted by molar-refractivity contribution is 5.85. The summed E-state index contributed by atoms with van der Waals surface area (Å²) in [6, 6.07) is 9.54. The van der Waals surface area contributed by atoms with Crippen LogP contribution in [-0.4, -0.2) is 55.0 Å². The Balaban J connectivity index is 0.00000200. The van der Waals surface area contributed by atoms with Gasteiger partial charge in [0.2, 0.25) is 5.91 Å². The summed E-state index contributed by atoms with van der Waals surface area (Å²) in [6.07, 6.45) is 1.65. The van der Waals surface area contributed by atoms with Crippen LogP contribution in [-0.2, 0) is 11.2 Å². The summed E-state index contributed by atoms with van der Waals surface area (Å²) in [4.78, 5) is 16.5. The molecule has 1 fully saturated rings. The van der Waals surface area contributed by atoms with Gasteiger partial charge in [0.25, 0.3) is 0 Å². The third kappa shape index (κ3) is 4.78. The van der Waals surface area contributed by atoms with E-state index in [0.717, 1.165) is 38.2 Å². The number of rotatable bonds is 3. The first kappa shape index (κ1) is 17.0. The van der Waals surface area contributed by atoms with E-state index in [2.05, 4.69) is 11.9 Å². The number of hydrogen-bond acceptors (Lipinski definition) is 3. The van der Waals surface area contributed by atoms with Gasteiger partial charge in [0.05, 0.1) is 6.04 Å². The molecule has 0 bridgehead atoms. The van der Waals surface area contributed by atoms with Crippen molar-refractivity contribution in [3.63, 3.8) is 0 Å². The van der Waals surface area contributed by atoms with E-state index >= 15 is 0 Å². The van der Waals surface area contributed by atoms with Gasteiger partial charge >= 0.3 is 0 Å². The van der Waals surface area contributed by atoms with Gasteiger partial charge in [-0.2, -0.15) is 0 Å². The first-order valence-electron chi connectivity index (χ1n) is 6.93. The smallest absolute Gasteiger partial charge is 0.239 e. The molecule has 1 atom stereocenters. The topological polar surface area (TPSA) is 49.6 Å². The van der Waals surface area contributed by atoms with Gasteiger partial charge in [-0.25, -0.2) is 0 Å². The summed E-state index contributed by atoms with van der Waals surface area (Å²) in [5.74, 6) is 0.0825. The Morgan fingerprint density at radius 3 is 2.60 bits per heavy atom. The molecule has 20 heavy (non-hydrogen) atoms. The van der Waals surface area contributed by atoms with Gasteiger partial charge in [0.15, 0.2) is 0 Å². The van der Waals surface area contributed by atoms with E-state index in [1.165, 1.54) is 0 Å². The van der Waals surface area contributed by atoms with E-state index in [4.69, 9.17) is 5.73 Å². The Morgan fingerprint density at radius 2 is 1.90 bits per heavy atom. The number of halogens is 1. The number of nitrogens with two attached hydrogens (primary N) is 1. The highest BCUT2D eigenvalue weighted by atomic mass is 35.5. The summed E-state index contributed by atoms with van der Waals surface area (Å²) in [6.45, 7) is 3.60. The molecule has 0 saturated carbocycles. The van der Waals surface area contributed by atoms with Crippen molar-refractivity contribution in [3.8, 4) is 0 Å². The molecule has 1 aliphatic heterocycles. The maximum Gasteiger partial charge on any atom is 0.239 e. The maximum absolute atomic E-state index is 12.3. The highest BCUT2D eigenvalue weighted by Gasteiger charge is 2.22. The maximum atomic E-state index is 12.3. The third-order valence-corrected chi connectivity index (χ3v) is 3.65. The summed E-state index contributed by atoms with van der Waals surface area (Å²) in [7, 11) is 2.10. The lowest BCUT2D eigenvalue weighted by Crippen LogP contribution is -2.46. The monoisotopic (exact) mass is 297 g/mol. The predicted octanol–water partition coefficient (Wildman–Crippen LogP) is 1.14. The average molecular weight is 298 g/mol. The van der Waals surface area contributed by atoms with Crippen molar-refractivity contribution in [1.29, 1.82) is 0 Å². The minimum Gasteiger partial charge on any atom is -0.340 e. The lowest BCUT2D eigenvalue weighted by Gasteiger charge is -2.24. The molecule has 0 unspecified atom stereocenters. The van der Waals surface area contributed by atoms with Crippen molar-refractivity contribution < 1.29 is 4.79 Å². The molecule has 1 aliphatic rings. The lowest BCUT2D eigenvalue weighted by atomic mass is 10.1. The summed E-state index contributed by atoms with van der Waals surface area (Å²) < 4.78 is 0. The molecule has 0 aromatic heterocycles. The number of amides is 1. The molecular formula is C15H24ClN3O. The zero-order valence-electron chi connectivity index (χ0n) is 12.0. The number of nitrogens with zero attached hydrogens (tertiary/aromatic N) is 2. The average Bonchev–Trinajstić information content (AvgIpc) is 2.64. The van der Waals surface area contributed by atoms with Gasteiger partial charge in [-0.3, -0.25) is 4.79 Å². The van der Waals surface area contributed by atoms with E-state index < -0.39 is 6.04 Å². The van der Waals surface area contributed by atoms with Crippen molar-refractivity contribution in [3.05, 3.63) is 35.9 Å². The van der Waals surface area contributed by atoms with Gasteiger partial charge in [0.1, 0.15) is 0 Å².